The smallest absolute Gasteiger partial charge is 0.105 e. The van der Waals surface area contributed by atoms with Gasteiger partial charge >= 0.3 is 0 Å². The zero-order chi connectivity index (χ0) is 22.3. The summed E-state index contributed by atoms with van der Waals surface area (Å²) in [5.74, 6) is 0. The third-order valence-electron chi connectivity index (χ3n) is 6.24. The van der Waals surface area contributed by atoms with Crippen molar-refractivity contribution in [3.8, 4) is 0 Å². The molecule has 0 aliphatic carbocycles. The normalized spacial score (nSPS) is 11.8. The van der Waals surface area contributed by atoms with Gasteiger partial charge in [0.15, 0.2) is 0 Å². The van der Waals surface area contributed by atoms with Crippen molar-refractivity contribution in [1.29, 1.82) is 0 Å². The number of rotatable bonds is 14. The van der Waals surface area contributed by atoms with Crippen molar-refractivity contribution >= 4 is 0 Å². The van der Waals surface area contributed by atoms with Crippen LogP contribution in [0.3, 0.4) is 0 Å². The minimum atomic E-state index is 1.07. The van der Waals surface area contributed by atoms with E-state index in [1.807, 2.05) is 0 Å². The van der Waals surface area contributed by atoms with Crippen molar-refractivity contribution in [2.75, 3.05) is 6.54 Å². The van der Waals surface area contributed by atoms with Gasteiger partial charge in [0, 0.05) is 16.7 Å². The molecule has 0 atom stereocenters. The van der Waals surface area contributed by atoms with E-state index in [4.69, 9.17) is 0 Å². The molecule has 0 aromatic heterocycles. The molecule has 0 radical (unpaired) electrons. The maximum Gasteiger partial charge on any atom is 0.105 e. The van der Waals surface area contributed by atoms with Gasteiger partial charge in [-0.15, -0.1) is 0 Å². The van der Waals surface area contributed by atoms with E-state index in [9.17, 15) is 0 Å². The predicted octanol–water partition coefficient (Wildman–Crippen LogP) is 8.32. The van der Waals surface area contributed by atoms with Crippen LogP contribution in [0.5, 0.6) is 0 Å². The molecule has 3 rings (SSSR count). The zero-order valence-electron chi connectivity index (χ0n) is 19.8. The summed E-state index contributed by atoms with van der Waals surface area (Å²) < 4.78 is 1.08. The first kappa shape index (κ1) is 24.0. The van der Waals surface area contributed by atoms with E-state index < -0.39 is 0 Å². The van der Waals surface area contributed by atoms with E-state index in [1.54, 1.807) is 0 Å². The Bertz CT molecular complexity index is 782. The highest BCUT2D eigenvalue weighted by Crippen LogP contribution is 2.25. The first-order valence-electron chi connectivity index (χ1n) is 12.4. The van der Waals surface area contributed by atoms with E-state index in [0.29, 0.717) is 0 Å². The van der Waals surface area contributed by atoms with Crippen LogP contribution in [0.25, 0.3) is 0 Å². The van der Waals surface area contributed by atoms with Crippen LogP contribution in [-0.4, -0.2) is 11.0 Å². The number of nitrogens with zero attached hydrogens (tertiary/aromatic N) is 1. The molecule has 0 saturated carbocycles. The van der Waals surface area contributed by atoms with E-state index in [2.05, 4.69) is 110 Å². The summed E-state index contributed by atoms with van der Waals surface area (Å²) in [6.45, 7) is 6.64. The Hall–Kier alpha value is -2.64. The lowest BCUT2D eigenvalue weighted by atomic mass is 10.0. The number of hydrogen-bond acceptors (Lipinski definition) is 0. The summed E-state index contributed by atoms with van der Waals surface area (Å²) in [7, 11) is 0. The quantitative estimate of drug-likeness (QED) is 0.138. The highest BCUT2D eigenvalue weighted by Gasteiger charge is 2.28. The fourth-order valence-corrected chi connectivity index (χ4v) is 4.66. The minimum Gasteiger partial charge on any atom is -0.312 e. The Balaban J connectivity index is 1.76. The second-order valence-electron chi connectivity index (χ2n) is 9.08. The molecule has 1 heteroatoms. The fourth-order valence-electron chi connectivity index (χ4n) is 4.66. The lowest BCUT2D eigenvalue weighted by molar-refractivity contribution is -0.966. The van der Waals surface area contributed by atoms with Crippen molar-refractivity contribution < 1.29 is 4.48 Å². The molecule has 3 aromatic carbocycles. The van der Waals surface area contributed by atoms with Crippen molar-refractivity contribution in [2.24, 2.45) is 0 Å². The summed E-state index contributed by atoms with van der Waals surface area (Å²) >= 11 is 0. The molecule has 0 heterocycles. The SMILES string of the molecule is CC/C=C/CCCCCC[N+](Cc1ccccc1)(Cc1ccccc1)Cc1ccccc1. The van der Waals surface area contributed by atoms with Crippen LogP contribution in [0, 0.1) is 0 Å². The molecule has 0 amide bonds. The van der Waals surface area contributed by atoms with Crippen LogP contribution in [0.4, 0.5) is 0 Å². The number of hydrogen-bond donors (Lipinski definition) is 0. The zero-order valence-corrected chi connectivity index (χ0v) is 19.8. The first-order valence-corrected chi connectivity index (χ1v) is 12.4. The monoisotopic (exact) mass is 426 g/mol. The van der Waals surface area contributed by atoms with Crippen LogP contribution in [0.15, 0.2) is 103 Å². The molecule has 3 aromatic rings. The van der Waals surface area contributed by atoms with Gasteiger partial charge in [0.25, 0.3) is 0 Å². The van der Waals surface area contributed by atoms with Crippen molar-refractivity contribution in [1.82, 2.24) is 0 Å². The lowest BCUT2D eigenvalue weighted by Gasteiger charge is -2.39. The molecule has 168 valence electrons. The Labute approximate surface area is 196 Å². The molecule has 0 fully saturated rings. The van der Waals surface area contributed by atoms with Crippen LogP contribution >= 0.6 is 0 Å². The number of benzene rings is 3. The molecule has 0 saturated heterocycles. The Kier molecular flexibility index (Phi) is 10.3. The summed E-state index contributed by atoms with van der Waals surface area (Å²) in [6, 6.07) is 33.2. The van der Waals surface area contributed by atoms with Gasteiger partial charge in [-0.1, -0.05) is 116 Å². The Morgan fingerprint density at radius 2 is 0.969 bits per heavy atom. The molecular weight excluding hydrogens is 386 g/mol. The summed E-state index contributed by atoms with van der Waals surface area (Å²) in [4.78, 5) is 0. The van der Waals surface area contributed by atoms with E-state index in [0.717, 1.165) is 30.5 Å². The fraction of sp³-hybridized carbons (Fsp3) is 0.355. The average Bonchev–Trinajstić information content (AvgIpc) is 2.83. The Morgan fingerprint density at radius 1 is 0.531 bits per heavy atom. The maximum atomic E-state index is 2.35. The highest BCUT2D eigenvalue weighted by molar-refractivity contribution is 5.17. The number of unbranched alkanes of at least 4 members (excludes halogenated alkanes) is 4. The standard InChI is InChI=1S/C31H40N/c1-2-3-4-5-6-7-8-18-25-32(26-29-19-12-9-13-20-29,27-30-21-14-10-15-22-30)28-31-23-16-11-17-24-31/h3-4,9-17,19-24H,2,5-8,18,25-28H2,1H3/q+1/b4-3+. The van der Waals surface area contributed by atoms with Crippen molar-refractivity contribution in [2.45, 2.75) is 65.1 Å². The van der Waals surface area contributed by atoms with Gasteiger partial charge in [0.05, 0.1) is 6.54 Å². The third kappa shape index (κ3) is 8.48. The molecule has 0 unspecified atom stereocenters. The van der Waals surface area contributed by atoms with Crippen LogP contribution < -0.4 is 0 Å². The lowest BCUT2D eigenvalue weighted by Crippen LogP contribution is -2.46. The molecule has 0 bridgehead atoms. The predicted molar refractivity (Wildman–Crippen MR) is 138 cm³/mol. The summed E-state index contributed by atoms with van der Waals surface area (Å²) in [6.07, 6.45) is 12.3. The molecule has 0 aliphatic rings. The number of quaternary nitrogens is 1. The second-order valence-corrected chi connectivity index (χ2v) is 9.08. The third-order valence-corrected chi connectivity index (χ3v) is 6.24. The van der Waals surface area contributed by atoms with Gasteiger partial charge in [-0.05, 0) is 32.1 Å². The van der Waals surface area contributed by atoms with Crippen molar-refractivity contribution in [3.05, 3.63) is 120 Å². The van der Waals surface area contributed by atoms with E-state index in [1.165, 1.54) is 55.3 Å². The molecule has 0 spiro atoms. The average molecular weight is 427 g/mol. The van der Waals surface area contributed by atoms with Gasteiger partial charge in [0.2, 0.25) is 0 Å². The summed E-state index contributed by atoms with van der Waals surface area (Å²) in [5.41, 5.74) is 4.30. The molecule has 1 nitrogen and oxygen atoms in total. The van der Waals surface area contributed by atoms with Crippen LogP contribution in [-0.2, 0) is 19.6 Å². The second kappa shape index (κ2) is 13.7. The first-order chi connectivity index (χ1) is 15.8. The van der Waals surface area contributed by atoms with Gasteiger partial charge in [-0.3, -0.25) is 0 Å². The molecule has 32 heavy (non-hydrogen) atoms. The van der Waals surface area contributed by atoms with Crippen LogP contribution in [0.2, 0.25) is 0 Å². The van der Waals surface area contributed by atoms with Gasteiger partial charge in [0.1, 0.15) is 19.6 Å². The van der Waals surface area contributed by atoms with Gasteiger partial charge < -0.3 is 4.48 Å². The highest BCUT2D eigenvalue weighted by atomic mass is 15.3. The largest absolute Gasteiger partial charge is 0.312 e. The van der Waals surface area contributed by atoms with Crippen LogP contribution in [0.1, 0.15) is 62.1 Å². The molecular formula is C31H40N+. The molecule has 0 N–H and O–H groups in total. The Morgan fingerprint density at radius 3 is 1.41 bits per heavy atom. The van der Waals surface area contributed by atoms with Gasteiger partial charge in [-0.2, -0.15) is 0 Å². The maximum absolute atomic E-state index is 2.35. The minimum absolute atomic E-state index is 1.07. The van der Waals surface area contributed by atoms with E-state index >= 15 is 0 Å². The van der Waals surface area contributed by atoms with Gasteiger partial charge in [-0.25, -0.2) is 0 Å². The van der Waals surface area contributed by atoms with Crippen molar-refractivity contribution in [3.63, 3.8) is 0 Å². The number of allylic oxidation sites excluding steroid dienone is 2. The topological polar surface area (TPSA) is 0 Å². The molecule has 0 aliphatic heterocycles. The van der Waals surface area contributed by atoms with E-state index in [-0.39, 0.29) is 0 Å². The summed E-state index contributed by atoms with van der Waals surface area (Å²) in [5, 5.41) is 0.